The molecule has 0 saturated carbocycles. The molecule has 1 amide bonds. The SMILES string of the molecule is CCCCCC/C=C/CCCCCCCCCC1=NCC[N+]1(CC)C(C)NC(C)=O. The average Bonchev–Trinajstić information content (AvgIpc) is 3.14. The third-order valence-corrected chi connectivity index (χ3v) is 6.69. The maximum Gasteiger partial charge on any atom is 0.221 e. The molecule has 1 aliphatic heterocycles. The van der Waals surface area contributed by atoms with Crippen LogP contribution in [0.15, 0.2) is 17.1 Å². The van der Waals surface area contributed by atoms with Crippen LogP contribution >= 0.6 is 0 Å². The molecular formula is C26H50N3O+. The molecule has 0 aliphatic carbocycles. The normalized spacial score (nSPS) is 19.9. The van der Waals surface area contributed by atoms with Crippen molar-refractivity contribution in [1.29, 1.82) is 0 Å². The molecule has 0 aromatic heterocycles. The number of nitrogens with one attached hydrogen (secondary N) is 1. The highest BCUT2D eigenvalue weighted by Gasteiger charge is 2.41. The summed E-state index contributed by atoms with van der Waals surface area (Å²) in [7, 11) is 0. The van der Waals surface area contributed by atoms with Crippen LogP contribution in [-0.2, 0) is 4.79 Å². The van der Waals surface area contributed by atoms with Crippen molar-refractivity contribution in [3.05, 3.63) is 12.2 Å². The maximum atomic E-state index is 11.5. The Labute approximate surface area is 187 Å². The van der Waals surface area contributed by atoms with Gasteiger partial charge in [-0.1, -0.05) is 70.4 Å². The number of unbranched alkanes of at least 4 members (excludes halogenated alkanes) is 11. The summed E-state index contributed by atoms with van der Waals surface area (Å²) in [4.78, 5) is 16.3. The average molecular weight is 421 g/mol. The van der Waals surface area contributed by atoms with E-state index < -0.39 is 0 Å². The third kappa shape index (κ3) is 10.2. The minimum atomic E-state index is 0.0576. The van der Waals surface area contributed by atoms with Gasteiger partial charge < -0.3 is 5.32 Å². The standard InChI is InChI=1S/C26H49N3O/c1-5-7-8-9-10-11-12-13-14-15-16-17-18-19-20-21-26-27-22-23-29(26,6-2)24(3)28-25(4)30/h11-12,24H,5-10,13-23H2,1-4H3/p+1/b12-11+. The molecule has 1 aliphatic rings. The van der Waals surface area contributed by atoms with E-state index in [2.05, 4.69) is 38.2 Å². The van der Waals surface area contributed by atoms with E-state index >= 15 is 0 Å². The van der Waals surface area contributed by atoms with Crippen molar-refractivity contribution in [3.8, 4) is 0 Å². The molecule has 0 fully saturated rings. The fraction of sp³-hybridized carbons (Fsp3) is 0.846. The number of hydrogen-bond acceptors (Lipinski definition) is 2. The maximum absolute atomic E-state index is 11.5. The monoisotopic (exact) mass is 420 g/mol. The van der Waals surface area contributed by atoms with Crippen molar-refractivity contribution >= 4 is 11.7 Å². The molecule has 2 atom stereocenters. The van der Waals surface area contributed by atoms with Crippen molar-refractivity contribution < 1.29 is 9.28 Å². The lowest BCUT2D eigenvalue weighted by atomic mass is 10.1. The first kappa shape index (κ1) is 26.9. The first-order chi connectivity index (χ1) is 14.6. The van der Waals surface area contributed by atoms with Gasteiger partial charge in [0.15, 0.2) is 12.0 Å². The van der Waals surface area contributed by atoms with Gasteiger partial charge in [0, 0.05) is 20.3 Å². The summed E-state index contributed by atoms with van der Waals surface area (Å²) in [6.07, 6.45) is 23.3. The lowest BCUT2D eigenvalue weighted by molar-refractivity contribution is -0.861. The Kier molecular flexibility index (Phi) is 14.8. The van der Waals surface area contributed by atoms with Crippen molar-refractivity contribution in [2.45, 2.75) is 124 Å². The Balaban J connectivity index is 2.07. The zero-order valence-corrected chi connectivity index (χ0v) is 20.6. The first-order valence-electron chi connectivity index (χ1n) is 12.9. The minimum absolute atomic E-state index is 0.0576. The minimum Gasteiger partial charge on any atom is -0.307 e. The highest BCUT2D eigenvalue weighted by atomic mass is 16.1. The van der Waals surface area contributed by atoms with Crippen LogP contribution in [0.4, 0.5) is 0 Å². The van der Waals surface area contributed by atoms with E-state index in [-0.39, 0.29) is 12.1 Å². The van der Waals surface area contributed by atoms with Gasteiger partial charge in [0.2, 0.25) is 5.91 Å². The van der Waals surface area contributed by atoms with Crippen molar-refractivity contribution in [2.75, 3.05) is 19.6 Å². The van der Waals surface area contributed by atoms with Crippen LogP contribution in [-0.4, -0.2) is 42.0 Å². The predicted molar refractivity (Wildman–Crippen MR) is 131 cm³/mol. The first-order valence-corrected chi connectivity index (χ1v) is 12.9. The molecule has 0 aromatic rings. The quantitative estimate of drug-likeness (QED) is 0.149. The molecule has 0 spiro atoms. The van der Waals surface area contributed by atoms with E-state index in [9.17, 15) is 4.79 Å². The summed E-state index contributed by atoms with van der Waals surface area (Å²) in [5.74, 6) is 1.36. The van der Waals surface area contributed by atoms with Crippen LogP contribution in [0.2, 0.25) is 0 Å². The summed E-state index contributed by atoms with van der Waals surface area (Å²) in [6, 6.07) is 0. The lowest BCUT2D eigenvalue weighted by Crippen LogP contribution is -2.62. The topological polar surface area (TPSA) is 41.5 Å². The highest BCUT2D eigenvalue weighted by Crippen LogP contribution is 2.23. The Morgan fingerprint density at radius 1 is 0.967 bits per heavy atom. The fourth-order valence-corrected chi connectivity index (χ4v) is 4.73. The predicted octanol–water partition coefficient (Wildman–Crippen LogP) is 6.75. The van der Waals surface area contributed by atoms with E-state index in [1.54, 1.807) is 6.92 Å². The number of likely N-dealkylation sites (N-methyl/N-ethyl adjacent to an activating group) is 1. The molecule has 1 heterocycles. The Morgan fingerprint density at radius 2 is 1.53 bits per heavy atom. The number of nitrogens with zero attached hydrogens (tertiary/aromatic N) is 2. The molecule has 0 bridgehead atoms. The number of hydrogen-bond donors (Lipinski definition) is 1. The lowest BCUT2D eigenvalue weighted by Gasteiger charge is -2.39. The van der Waals surface area contributed by atoms with Crippen LogP contribution in [0, 0.1) is 0 Å². The Hall–Kier alpha value is -1.16. The number of amides is 1. The summed E-state index contributed by atoms with van der Waals surface area (Å²) in [5.41, 5.74) is 0. The molecule has 1 rings (SSSR count). The van der Waals surface area contributed by atoms with Crippen LogP contribution < -0.4 is 5.32 Å². The molecule has 0 saturated heterocycles. The summed E-state index contributed by atoms with van der Waals surface area (Å²) >= 11 is 0. The molecule has 30 heavy (non-hydrogen) atoms. The molecule has 2 unspecified atom stereocenters. The van der Waals surface area contributed by atoms with Gasteiger partial charge in [-0.3, -0.25) is 9.28 Å². The van der Waals surface area contributed by atoms with Crippen LogP contribution in [0.5, 0.6) is 0 Å². The van der Waals surface area contributed by atoms with Gasteiger partial charge in [-0.25, -0.2) is 4.99 Å². The Bertz CT molecular complexity index is 514. The number of allylic oxidation sites excluding steroid dienone is 2. The van der Waals surface area contributed by atoms with E-state index in [0.29, 0.717) is 0 Å². The number of rotatable bonds is 18. The van der Waals surface area contributed by atoms with Gasteiger partial charge in [-0.2, -0.15) is 0 Å². The Morgan fingerprint density at radius 3 is 2.10 bits per heavy atom. The van der Waals surface area contributed by atoms with Gasteiger partial charge >= 0.3 is 0 Å². The van der Waals surface area contributed by atoms with Gasteiger partial charge in [0.05, 0.1) is 13.1 Å². The van der Waals surface area contributed by atoms with Crippen molar-refractivity contribution in [3.63, 3.8) is 0 Å². The third-order valence-electron chi connectivity index (χ3n) is 6.69. The van der Waals surface area contributed by atoms with E-state index in [4.69, 9.17) is 4.99 Å². The van der Waals surface area contributed by atoms with Crippen LogP contribution in [0.25, 0.3) is 0 Å². The van der Waals surface area contributed by atoms with Crippen molar-refractivity contribution in [2.24, 2.45) is 4.99 Å². The van der Waals surface area contributed by atoms with Gasteiger partial charge in [-0.15, -0.1) is 0 Å². The molecule has 0 radical (unpaired) electrons. The number of carbonyl (C=O) groups is 1. The van der Waals surface area contributed by atoms with E-state index in [1.165, 1.54) is 89.3 Å². The molecule has 4 heteroatoms. The number of amidine groups is 1. The van der Waals surface area contributed by atoms with E-state index in [0.717, 1.165) is 30.5 Å². The largest absolute Gasteiger partial charge is 0.307 e. The smallest absolute Gasteiger partial charge is 0.221 e. The second-order valence-electron chi connectivity index (χ2n) is 9.08. The second-order valence-corrected chi connectivity index (χ2v) is 9.08. The van der Waals surface area contributed by atoms with E-state index in [1.807, 2.05) is 0 Å². The summed E-state index contributed by atoms with van der Waals surface area (Å²) < 4.78 is 0.853. The molecular weight excluding hydrogens is 370 g/mol. The zero-order valence-electron chi connectivity index (χ0n) is 20.6. The number of carbonyl (C=O) groups excluding carboxylic acids is 1. The highest BCUT2D eigenvalue weighted by molar-refractivity contribution is 5.78. The summed E-state index contributed by atoms with van der Waals surface area (Å²) in [6.45, 7) is 11.2. The fourth-order valence-electron chi connectivity index (χ4n) is 4.73. The molecule has 0 aromatic carbocycles. The molecule has 1 N–H and O–H groups in total. The van der Waals surface area contributed by atoms with Crippen LogP contribution in [0.3, 0.4) is 0 Å². The zero-order chi connectivity index (χ0) is 22.1. The molecule has 174 valence electrons. The van der Waals surface area contributed by atoms with Crippen LogP contribution in [0.1, 0.15) is 118 Å². The summed E-state index contributed by atoms with van der Waals surface area (Å²) in [5, 5.41) is 3.11. The number of aliphatic imine (C=N–C) groups is 1. The van der Waals surface area contributed by atoms with Gasteiger partial charge in [0.25, 0.3) is 0 Å². The second kappa shape index (κ2) is 16.5. The number of quaternary nitrogens is 1. The van der Waals surface area contributed by atoms with Crippen molar-refractivity contribution in [1.82, 2.24) is 5.32 Å². The van der Waals surface area contributed by atoms with Gasteiger partial charge in [0.1, 0.15) is 6.54 Å². The molecule has 4 nitrogen and oxygen atoms in total. The van der Waals surface area contributed by atoms with Gasteiger partial charge in [-0.05, 0) is 39.0 Å².